The Labute approximate surface area is 139 Å². The molecule has 1 aromatic heterocycles. The van der Waals surface area contributed by atoms with Crippen LogP contribution in [-0.2, 0) is 6.42 Å². The average molecular weight is 324 g/mol. The number of nitrogens with one attached hydrogen (secondary N) is 1. The van der Waals surface area contributed by atoms with Crippen molar-refractivity contribution < 1.29 is 13.6 Å². The van der Waals surface area contributed by atoms with E-state index < -0.39 is 0 Å². The van der Waals surface area contributed by atoms with Crippen molar-refractivity contribution >= 4 is 5.91 Å². The largest absolute Gasteiger partial charge is 0.441 e. The highest BCUT2D eigenvalue weighted by Crippen LogP contribution is 2.21. The van der Waals surface area contributed by atoms with Gasteiger partial charge in [0.25, 0.3) is 5.91 Å². The zero-order valence-corrected chi connectivity index (χ0v) is 13.3. The van der Waals surface area contributed by atoms with E-state index in [1.165, 1.54) is 12.1 Å². The molecule has 3 aromatic rings. The summed E-state index contributed by atoms with van der Waals surface area (Å²) in [5.74, 6) is 0.361. The molecule has 5 heteroatoms. The van der Waals surface area contributed by atoms with E-state index in [1.54, 1.807) is 19.1 Å². The Balaban J connectivity index is 1.63. The molecule has 122 valence electrons. The van der Waals surface area contributed by atoms with Gasteiger partial charge in [-0.25, -0.2) is 9.37 Å². The van der Waals surface area contributed by atoms with E-state index in [4.69, 9.17) is 4.42 Å². The smallest absolute Gasteiger partial charge is 0.273 e. The van der Waals surface area contributed by atoms with Gasteiger partial charge in [-0.1, -0.05) is 30.3 Å². The summed E-state index contributed by atoms with van der Waals surface area (Å²) in [6.07, 6.45) is 0.620. The summed E-state index contributed by atoms with van der Waals surface area (Å²) in [6.45, 7) is 2.16. The summed E-state index contributed by atoms with van der Waals surface area (Å²) in [4.78, 5) is 16.5. The number of carbonyl (C=O) groups is 1. The maximum atomic E-state index is 12.9. The standard InChI is InChI=1S/C19H17FN2O2/c1-13-17(22-19(24-13)15-5-3-2-4-6-15)18(23)21-12-11-14-7-9-16(20)10-8-14/h2-10H,11-12H2,1H3,(H,21,23). The molecule has 0 saturated carbocycles. The van der Waals surface area contributed by atoms with E-state index in [0.29, 0.717) is 24.6 Å². The zero-order valence-electron chi connectivity index (χ0n) is 13.3. The number of hydrogen-bond donors (Lipinski definition) is 1. The number of oxazole rings is 1. The van der Waals surface area contributed by atoms with Crippen LogP contribution in [0.5, 0.6) is 0 Å². The molecular formula is C19H17FN2O2. The van der Waals surface area contributed by atoms with Crippen molar-refractivity contribution in [1.29, 1.82) is 0 Å². The molecule has 0 aliphatic carbocycles. The first-order chi connectivity index (χ1) is 11.6. The van der Waals surface area contributed by atoms with Crippen molar-refractivity contribution in [2.24, 2.45) is 0 Å². The maximum absolute atomic E-state index is 12.9. The van der Waals surface area contributed by atoms with Crippen LogP contribution < -0.4 is 5.32 Å². The third-order valence-corrected chi connectivity index (χ3v) is 3.64. The minimum atomic E-state index is -0.277. The Bertz CT molecular complexity index is 826. The van der Waals surface area contributed by atoms with E-state index in [9.17, 15) is 9.18 Å². The van der Waals surface area contributed by atoms with E-state index in [2.05, 4.69) is 10.3 Å². The predicted molar refractivity (Wildman–Crippen MR) is 89.1 cm³/mol. The number of benzene rings is 2. The Morgan fingerprint density at radius 1 is 1.12 bits per heavy atom. The van der Waals surface area contributed by atoms with Crippen LogP contribution in [0.15, 0.2) is 59.0 Å². The summed E-state index contributed by atoms with van der Waals surface area (Å²) >= 11 is 0. The molecule has 0 atom stereocenters. The normalized spacial score (nSPS) is 10.6. The Morgan fingerprint density at radius 2 is 1.83 bits per heavy atom. The first kappa shape index (κ1) is 15.9. The van der Waals surface area contributed by atoms with Crippen LogP contribution in [0.2, 0.25) is 0 Å². The fraction of sp³-hybridized carbons (Fsp3) is 0.158. The van der Waals surface area contributed by atoms with Crippen molar-refractivity contribution in [2.45, 2.75) is 13.3 Å². The first-order valence-corrected chi connectivity index (χ1v) is 7.69. The van der Waals surface area contributed by atoms with Crippen molar-refractivity contribution in [3.63, 3.8) is 0 Å². The minimum absolute atomic E-state index is 0.269. The quantitative estimate of drug-likeness (QED) is 0.777. The highest BCUT2D eigenvalue weighted by atomic mass is 19.1. The number of rotatable bonds is 5. The van der Waals surface area contributed by atoms with Crippen molar-refractivity contribution in [3.8, 4) is 11.5 Å². The minimum Gasteiger partial charge on any atom is -0.441 e. The van der Waals surface area contributed by atoms with Crippen LogP contribution in [0.4, 0.5) is 4.39 Å². The molecule has 0 spiro atoms. The van der Waals surface area contributed by atoms with Crippen LogP contribution in [0.25, 0.3) is 11.5 Å². The molecule has 0 fully saturated rings. The molecular weight excluding hydrogens is 307 g/mol. The van der Waals surface area contributed by atoms with Gasteiger partial charge in [0.05, 0.1) is 0 Å². The molecule has 2 aromatic carbocycles. The summed E-state index contributed by atoms with van der Waals surface area (Å²) in [7, 11) is 0. The fourth-order valence-corrected chi connectivity index (χ4v) is 2.37. The van der Waals surface area contributed by atoms with Gasteiger partial charge in [-0.15, -0.1) is 0 Å². The summed E-state index contributed by atoms with van der Waals surface area (Å²) in [5, 5.41) is 2.81. The summed E-state index contributed by atoms with van der Waals surface area (Å²) in [6, 6.07) is 15.7. The van der Waals surface area contributed by atoms with Gasteiger partial charge in [0.1, 0.15) is 11.6 Å². The van der Waals surface area contributed by atoms with E-state index in [0.717, 1.165) is 11.1 Å². The van der Waals surface area contributed by atoms with Crippen LogP contribution in [0.3, 0.4) is 0 Å². The lowest BCUT2D eigenvalue weighted by atomic mass is 10.1. The van der Waals surface area contributed by atoms with Gasteiger partial charge in [0, 0.05) is 12.1 Å². The van der Waals surface area contributed by atoms with Gasteiger partial charge in [-0.05, 0) is 43.2 Å². The van der Waals surface area contributed by atoms with Crippen molar-refractivity contribution in [2.75, 3.05) is 6.54 Å². The SMILES string of the molecule is Cc1oc(-c2ccccc2)nc1C(=O)NCCc1ccc(F)cc1. The number of aromatic nitrogens is 1. The molecule has 0 aliphatic heterocycles. The van der Waals surface area contributed by atoms with Crippen LogP contribution >= 0.6 is 0 Å². The maximum Gasteiger partial charge on any atom is 0.273 e. The van der Waals surface area contributed by atoms with Crippen LogP contribution in [-0.4, -0.2) is 17.4 Å². The third kappa shape index (κ3) is 3.68. The second-order valence-corrected chi connectivity index (χ2v) is 5.42. The second kappa shape index (κ2) is 7.08. The number of hydrogen-bond acceptors (Lipinski definition) is 3. The van der Waals surface area contributed by atoms with Gasteiger partial charge < -0.3 is 9.73 Å². The Kier molecular flexibility index (Phi) is 4.70. The Morgan fingerprint density at radius 3 is 2.54 bits per heavy atom. The molecule has 1 amide bonds. The number of nitrogens with zero attached hydrogens (tertiary/aromatic N) is 1. The number of carbonyl (C=O) groups excluding carboxylic acids is 1. The lowest BCUT2D eigenvalue weighted by molar-refractivity contribution is 0.0948. The molecule has 1 heterocycles. The molecule has 0 bridgehead atoms. The fourth-order valence-electron chi connectivity index (χ4n) is 2.37. The van der Waals surface area contributed by atoms with Crippen molar-refractivity contribution in [3.05, 3.63) is 77.4 Å². The van der Waals surface area contributed by atoms with Gasteiger partial charge in [-0.2, -0.15) is 0 Å². The number of halogens is 1. The predicted octanol–water partition coefficient (Wildman–Crippen LogP) is 3.76. The Hall–Kier alpha value is -2.95. The highest BCUT2D eigenvalue weighted by Gasteiger charge is 2.17. The highest BCUT2D eigenvalue weighted by molar-refractivity contribution is 5.93. The third-order valence-electron chi connectivity index (χ3n) is 3.64. The zero-order chi connectivity index (χ0) is 16.9. The molecule has 4 nitrogen and oxygen atoms in total. The van der Waals surface area contributed by atoms with Gasteiger partial charge in [0.15, 0.2) is 5.69 Å². The molecule has 24 heavy (non-hydrogen) atoms. The first-order valence-electron chi connectivity index (χ1n) is 7.69. The summed E-state index contributed by atoms with van der Waals surface area (Å²) < 4.78 is 18.4. The second-order valence-electron chi connectivity index (χ2n) is 5.42. The number of amides is 1. The molecule has 0 radical (unpaired) electrons. The molecule has 0 saturated heterocycles. The average Bonchev–Trinajstić information content (AvgIpc) is 2.99. The van der Waals surface area contributed by atoms with Gasteiger partial charge >= 0.3 is 0 Å². The topological polar surface area (TPSA) is 55.1 Å². The monoisotopic (exact) mass is 324 g/mol. The number of aryl methyl sites for hydroxylation is 1. The summed E-state index contributed by atoms with van der Waals surface area (Å²) in [5.41, 5.74) is 2.07. The van der Waals surface area contributed by atoms with Gasteiger partial charge in [0.2, 0.25) is 5.89 Å². The molecule has 3 rings (SSSR count). The molecule has 0 aliphatic rings. The molecule has 0 unspecified atom stereocenters. The van der Waals surface area contributed by atoms with E-state index in [-0.39, 0.29) is 17.4 Å². The van der Waals surface area contributed by atoms with Crippen LogP contribution in [0.1, 0.15) is 21.8 Å². The van der Waals surface area contributed by atoms with E-state index >= 15 is 0 Å². The lowest BCUT2D eigenvalue weighted by Gasteiger charge is -2.03. The van der Waals surface area contributed by atoms with Crippen molar-refractivity contribution in [1.82, 2.24) is 10.3 Å². The lowest BCUT2D eigenvalue weighted by Crippen LogP contribution is -2.26. The van der Waals surface area contributed by atoms with Gasteiger partial charge in [-0.3, -0.25) is 4.79 Å². The van der Waals surface area contributed by atoms with E-state index in [1.807, 2.05) is 30.3 Å². The molecule has 1 N–H and O–H groups in total. The van der Waals surface area contributed by atoms with Crippen LogP contribution in [0, 0.1) is 12.7 Å².